The molecule has 1 fully saturated rings. The molecule has 3 aromatic rings. The van der Waals surface area contributed by atoms with Crippen LogP contribution in [0.25, 0.3) is 10.9 Å². The molecule has 26 heavy (non-hydrogen) atoms. The molecule has 1 aliphatic rings. The number of piperazine rings is 1. The van der Waals surface area contributed by atoms with E-state index < -0.39 is 0 Å². The van der Waals surface area contributed by atoms with Crippen molar-refractivity contribution in [1.82, 2.24) is 25.4 Å². The number of hydrogen-bond donors (Lipinski definition) is 2. The summed E-state index contributed by atoms with van der Waals surface area (Å²) >= 11 is 0. The summed E-state index contributed by atoms with van der Waals surface area (Å²) in [6.45, 7) is 3.54. The van der Waals surface area contributed by atoms with Crippen molar-refractivity contribution in [1.29, 1.82) is 0 Å². The normalized spacial score (nSPS) is 14.6. The summed E-state index contributed by atoms with van der Waals surface area (Å²) in [6.07, 6.45) is 2.46. The van der Waals surface area contributed by atoms with E-state index in [2.05, 4.69) is 43.6 Å². The maximum atomic E-state index is 12.4. The number of rotatable bonds is 4. The van der Waals surface area contributed by atoms with Crippen LogP contribution in [0.4, 0.5) is 10.6 Å². The smallest absolute Gasteiger partial charge is 0.317 e. The molecule has 3 heterocycles. The number of nitrogens with zero attached hydrogens (tertiary/aromatic N) is 4. The summed E-state index contributed by atoms with van der Waals surface area (Å²) in [7, 11) is 0. The minimum atomic E-state index is -0.0000861. The van der Waals surface area contributed by atoms with Crippen molar-refractivity contribution in [3.05, 3.63) is 54.4 Å². The average molecular weight is 350 g/mol. The Labute approximate surface area is 152 Å². The minimum Gasteiger partial charge on any atom is -0.358 e. The molecule has 2 aromatic heterocycles. The predicted octanol–water partition coefficient (Wildman–Crippen LogP) is 2.03. The molecule has 0 spiro atoms. The molecule has 0 aliphatic carbocycles. The zero-order chi connectivity index (χ0) is 17.8. The lowest BCUT2D eigenvalue weighted by Crippen LogP contribution is -2.52. The molecule has 2 N–H and O–H groups in total. The zero-order valence-electron chi connectivity index (χ0n) is 14.6. The first-order valence-electron chi connectivity index (χ1n) is 8.92. The molecule has 7 nitrogen and oxygen atoms in total. The molecule has 2 amide bonds. The number of H-pyrrole nitrogens is 1. The van der Waals surface area contributed by atoms with Crippen LogP contribution in [0.15, 0.2) is 48.7 Å². The van der Waals surface area contributed by atoms with Gasteiger partial charge in [0.15, 0.2) is 5.82 Å². The van der Waals surface area contributed by atoms with E-state index in [0.29, 0.717) is 19.6 Å². The number of fused-ring (bicyclic) bond motifs is 1. The van der Waals surface area contributed by atoms with Crippen molar-refractivity contribution in [2.24, 2.45) is 0 Å². The van der Waals surface area contributed by atoms with E-state index in [1.807, 2.05) is 29.2 Å². The van der Waals surface area contributed by atoms with Gasteiger partial charge in [-0.2, -0.15) is 5.10 Å². The minimum absolute atomic E-state index is 0.0000861. The quantitative estimate of drug-likeness (QED) is 0.755. The topological polar surface area (TPSA) is 77.2 Å². The Kier molecular flexibility index (Phi) is 4.68. The highest BCUT2D eigenvalue weighted by molar-refractivity contribution is 5.80. The number of anilines is 1. The first-order valence-corrected chi connectivity index (χ1v) is 8.92. The Morgan fingerprint density at radius 1 is 1.12 bits per heavy atom. The van der Waals surface area contributed by atoms with Gasteiger partial charge < -0.3 is 20.1 Å². The molecule has 0 unspecified atom stereocenters. The standard InChI is InChI=1S/C19H22N6O/c26-19(20-9-7-16-14-15-4-1-2-5-17(15)22-16)25-12-10-24(11-13-25)18-6-3-8-21-23-18/h1-6,8,14,22H,7,9-13H2,(H,20,26). The number of hydrogen-bond acceptors (Lipinski definition) is 4. The summed E-state index contributed by atoms with van der Waals surface area (Å²) in [4.78, 5) is 19.8. The highest BCUT2D eigenvalue weighted by atomic mass is 16.2. The Hall–Kier alpha value is -3.09. The SMILES string of the molecule is O=C(NCCc1cc2ccccc2[nH]1)N1CCN(c2cccnn2)CC1. The fraction of sp³-hybridized carbons (Fsp3) is 0.316. The monoisotopic (exact) mass is 350 g/mol. The summed E-state index contributed by atoms with van der Waals surface area (Å²) in [5.74, 6) is 0.867. The summed E-state index contributed by atoms with van der Waals surface area (Å²) in [6, 6.07) is 14.2. The average Bonchev–Trinajstić information content (AvgIpc) is 3.11. The van der Waals surface area contributed by atoms with E-state index in [-0.39, 0.29) is 6.03 Å². The van der Waals surface area contributed by atoms with Gasteiger partial charge in [-0.25, -0.2) is 4.79 Å². The van der Waals surface area contributed by atoms with Gasteiger partial charge in [0.25, 0.3) is 0 Å². The first-order chi connectivity index (χ1) is 12.8. The Morgan fingerprint density at radius 3 is 2.73 bits per heavy atom. The van der Waals surface area contributed by atoms with Crippen LogP contribution in [0.3, 0.4) is 0 Å². The van der Waals surface area contributed by atoms with E-state index in [0.717, 1.165) is 36.5 Å². The van der Waals surface area contributed by atoms with Crippen LogP contribution in [0.5, 0.6) is 0 Å². The molecule has 0 bridgehead atoms. The molecule has 7 heteroatoms. The zero-order valence-corrected chi connectivity index (χ0v) is 14.6. The molecular weight excluding hydrogens is 328 g/mol. The van der Waals surface area contributed by atoms with Crippen LogP contribution < -0.4 is 10.2 Å². The van der Waals surface area contributed by atoms with Gasteiger partial charge >= 0.3 is 6.03 Å². The number of nitrogens with one attached hydrogen (secondary N) is 2. The fourth-order valence-electron chi connectivity index (χ4n) is 3.28. The number of amides is 2. The van der Waals surface area contributed by atoms with Crippen LogP contribution in [0.1, 0.15) is 5.69 Å². The third-order valence-electron chi connectivity index (χ3n) is 4.71. The number of aromatic nitrogens is 3. The molecule has 0 atom stereocenters. The highest BCUT2D eigenvalue weighted by Crippen LogP contribution is 2.15. The van der Waals surface area contributed by atoms with Crippen molar-refractivity contribution in [2.45, 2.75) is 6.42 Å². The molecule has 1 aliphatic heterocycles. The largest absolute Gasteiger partial charge is 0.358 e. The third kappa shape index (κ3) is 3.61. The van der Waals surface area contributed by atoms with Crippen LogP contribution in [-0.2, 0) is 6.42 Å². The van der Waals surface area contributed by atoms with Crippen molar-refractivity contribution in [3.63, 3.8) is 0 Å². The Balaban J connectivity index is 1.24. The van der Waals surface area contributed by atoms with Gasteiger partial charge in [0, 0.05) is 56.6 Å². The second-order valence-electron chi connectivity index (χ2n) is 6.42. The van der Waals surface area contributed by atoms with E-state index >= 15 is 0 Å². The van der Waals surface area contributed by atoms with Crippen LogP contribution in [0, 0.1) is 0 Å². The number of carbonyl (C=O) groups is 1. The van der Waals surface area contributed by atoms with Crippen molar-refractivity contribution >= 4 is 22.8 Å². The van der Waals surface area contributed by atoms with Gasteiger partial charge in [0.2, 0.25) is 0 Å². The maximum absolute atomic E-state index is 12.4. The highest BCUT2D eigenvalue weighted by Gasteiger charge is 2.21. The van der Waals surface area contributed by atoms with Crippen LogP contribution in [-0.4, -0.2) is 58.8 Å². The number of carbonyl (C=O) groups excluding carboxylic acids is 1. The fourth-order valence-corrected chi connectivity index (χ4v) is 3.28. The number of para-hydroxylation sites is 1. The molecule has 1 saturated heterocycles. The summed E-state index contributed by atoms with van der Waals surface area (Å²) in [5, 5.41) is 12.3. The number of aromatic amines is 1. The number of benzene rings is 1. The lowest BCUT2D eigenvalue weighted by atomic mass is 10.2. The third-order valence-corrected chi connectivity index (χ3v) is 4.71. The van der Waals surface area contributed by atoms with E-state index in [1.165, 1.54) is 5.39 Å². The van der Waals surface area contributed by atoms with E-state index in [1.54, 1.807) is 6.20 Å². The molecule has 134 valence electrons. The summed E-state index contributed by atoms with van der Waals surface area (Å²) in [5.41, 5.74) is 2.27. The molecule has 0 saturated carbocycles. The van der Waals surface area contributed by atoms with Gasteiger partial charge in [0.05, 0.1) is 0 Å². The maximum Gasteiger partial charge on any atom is 0.317 e. The summed E-state index contributed by atoms with van der Waals surface area (Å²) < 4.78 is 0. The van der Waals surface area contributed by atoms with Crippen LogP contribution in [0.2, 0.25) is 0 Å². The molecule has 4 rings (SSSR count). The van der Waals surface area contributed by atoms with E-state index in [4.69, 9.17) is 0 Å². The Bertz CT molecular complexity index is 837. The van der Waals surface area contributed by atoms with Crippen molar-refractivity contribution in [3.8, 4) is 0 Å². The van der Waals surface area contributed by atoms with Crippen molar-refractivity contribution in [2.75, 3.05) is 37.6 Å². The number of urea groups is 1. The lowest BCUT2D eigenvalue weighted by molar-refractivity contribution is 0.194. The predicted molar refractivity (Wildman–Crippen MR) is 101 cm³/mol. The molecule has 1 aromatic carbocycles. The van der Waals surface area contributed by atoms with Gasteiger partial charge in [-0.1, -0.05) is 18.2 Å². The van der Waals surface area contributed by atoms with Gasteiger partial charge in [-0.15, -0.1) is 5.10 Å². The van der Waals surface area contributed by atoms with Crippen molar-refractivity contribution < 1.29 is 4.79 Å². The first kappa shape index (κ1) is 16.4. The molecular formula is C19H22N6O. The van der Waals surface area contributed by atoms with E-state index in [9.17, 15) is 4.79 Å². The second kappa shape index (κ2) is 7.43. The van der Waals surface area contributed by atoms with Crippen LogP contribution >= 0.6 is 0 Å². The van der Waals surface area contributed by atoms with Gasteiger partial charge in [-0.05, 0) is 29.7 Å². The lowest BCUT2D eigenvalue weighted by Gasteiger charge is -2.35. The van der Waals surface area contributed by atoms with Gasteiger partial charge in [0.1, 0.15) is 0 Å². The molecule has 0 radical (unpaired) electrons. The second-order valence-corrected chi connectivity index (χ2v) is 6.42. The Morgan fingerprint density at radius 2 is 1.96 bits per heavy atom. The van der Waals surface area contributed by atoms with Gasteiger partial charge in [-0.3, -0.25) is 0 Å².